The highest BCUT2D eigenvalue weighted by Crippen LogP contribution is 2.17. The maximum absolute atomic E-state index is 12.4. The molecule has 0 aliphatic heterocycles. The van der Waals surface area contributed by atoms with Crippen LogP contribution in [0, 0.1) is 11.3 Å². The molecule has 6 nitrogen and oxygen atoms in total. The highest BCUT2D eigenvalue weighted by molar-refractivity contribution is 9.10. The van der Waals surface area contributed by atoms with Crippen molar-refractivity contribution >= 4 is 33.5 Å². The van der Waals surface area contributed by atoms with Crippen LogP contribution in [0.3, 0.4) is 0 Å². The number of hydrogen-bond donors (Lipinski definition) is 2. The van der Waals surface area contributed by atoms with Crippen LogP contribution in [-0.2, 0) is 16.0 Å². The van der Waals surface area contributed by atoms with Crippen LogP contribution < -0.4 is 10.6 Å². The number of carbonyl (C=O) groups excluding carboxylic acids is 2. The highest BCUT2D eigenvalue weighted by Gasteiger charge is 2.16. The van der Waals surface area contributed by atoms with E-state index in [0.29, 0.717) is 12.2 Å². The Kier molecular flexibility index (Phi) is 8.25. The van der Waals surface area contributed by atoms with E-state index in [1.807, 2.05) is 30.3 Å². The number of anilines is 1. The first kappa shape index (κ1) is 21.2. The van der Waals surface area contributed by atoms with E-state index in [4.69, 9.17) is 4.74 Å². The second-order valence-electron chi connectivity index (χ2n) is 5.69. The molecule has 2 aromatic rings. The van der Waals surface area contributed by atoms with Gasteiger partial charge in [0.15, 0.2) is 0 Å². The van der Waals surface area contributed by atoms with Crippen LogP contribution in [-0.4, -0.2) is 25.0 Å². The van der Waals surface area contributed by atoms with Crippen molar-refractivity contribution in [2.24, 2.45) is 0 Å². The number of nitriles is 1. The van der Waals surface area contributed by atoms with Gasteiger partial charge in [0.1, 0.15) is 11.6 Å². The molecule has 144 valence electrons. The van der Waals surface area contributed by atoms with Crippen LogP contribution >= 0.6 is 15.9 Å². The maximum atomic E-state index is 12.4. The Hall–Kier alpha value is -3.11. The Bertz CT molecular complexity index is 919. The Labute approximate surface area is 172 Å². The highest BCUT2D eigenvalue weighted by atomic mass is 79.9. The smallest absolute Gasteiger partial charge is 0.340 e. The average Bonchev–Trinajstić information content (AvgIpc) is 2.69. The van der Waals surface area contributed by atoms with E-state index in [1.54, 1.807) is 31.2 Å². The topological polar surface area (TPSA) is 91.2 Å². The van der Waals surface area contributed by atoms with Gasteiger partial charge in [0.05, 0.1) is 17.9 Å². The van der Waals surface area contributed by atoms with E-state index >= 15 is 0 Å². The molecule has 0 fully saturated rings. The van der Waals surface area contributed by atoms with E-state index in [9.17, 15) is 14.9 Å². The molecule has 0 aliphatic carbocycles. The van der Waals surface area contributed by atoms with E-state index in [2.05, 4.69) is 26.6 Å². The minimum atomic E-state index is -0.604. The molecule has 0 heterocycles. The molecular weight excluding hydrogens is 422 g/mol. The molecule has 0 unspecified atom stereocenters. The molecular formula is C21H20BrN3O3. The van der Waals surface area contributed by atoms with Gasteiger partial charge in [0, 0.05) is 17.2 Å². The Morgan fingerprint density at radius 1 is 1.18 bits per heavy atom. The summed E-state index contributed by atoms with van der Waals surface area (Å²) in [5.41, 5.74) is 1.55. The predicted octanol–water partition coefficient (Wildman–Crippen LogP) is 3.80. The van der Waals surface area contributed by atoms with Crippen molar-refractivity contribution in [1.82, 2.24) is 5.32 Å². The molecule has 0 aromatic heterocycles. The molecule has 0 spiro atoms. The van der Waals surface area contributed by atoms with Gasteiger partial charge < -0.3 is 15.4 Å². The number of ether oxygens (including phenoxy) is 1. The fourth-order valence-electron chi connectivity index (χ4n) is 2.40. The molecule has 0 radical (unpaired) electrons. The van der Waals surface area contributed by atoms with Gasteiger partial charge in [-0.2, -0.15) is 5.26 Å². The number of benzene rings is 2. The second-order valence-corrected chi connectivity index (χ2v) is 6.54. The summed E-state index contributed by atoms with van der Waals surface area (Å²) in [6, 6.07) is 16.2. The number of nitrogens with zero attached hydrogens (tertiary/aromatic N) is 1. The van der Waals surface area contributed by atoms with Crippen molar-refractivity contribution < 1.29 is 14.3 Å². The number of esters is 1. The first-order valence-corrected chi connectivity index (χ1v) is 9.50. The fourth-order valence-corrected chi connectivity index (χ4v) is 2.88. The molecule has 1 amide bonds. The van der Waals surface area contributed by atoms with Crippen molar-refractivity contribution in [2.45, 2.75) is 13.3 Å². The third kappa shape index (κ3) is 5.96. The lowest BCUT2D eigenvalue weighted by Gasteiger charge is -2.10. The summed E-state index contributed by atoms with van der Waals surface area (Å²) in [6.07, 6.45) is 2.10. The van der Waals surface area contributed by atoms with Gasteiger partial charge >= 0.3 is 5.97 Å². The van der Waals surface area contributed by atoms with E-state index < -0.39 is 11.9 Å². The number of carbonyl (C=O) groups is 2. The zero-order chi connectivity index (χ0) is 20.4. The molecule has 0 atom stereocenters. The lowest BCUT2D eigenvalue weighted by Crippen LogP contribution is -2.19. The largest absolute Gasteiger partial charge is 0.462 e. The predicted molar refractivity (Wildman–Crippen MR) is 111 cm³/mol. The van der Waals surface area contributed by atoms with Gasteiger partial charge in [-0.1, -0.05) is 46.3 Å². The van der Waals surface area contributed by atoms with Gasteiger partial charge in [0.25, 0.3) is 5.91 Å². The Morgan fingerprint density at radius 3 is 2.61 bits per heavy atom. The number of nitrogens with one attached hydrogen (secondary N) is 2. The molecule has 2 N–H and O–H groups in total. The summed E-state index contributed by atoms with van der Waals surface area (Å²) >= 11 is 3.48. The van der Waals surface area contributed by atoms with Crippen molar-refractivity contribution in [1.29, 1.82) is 5.26 Å². The summed E-state index contributed by atoms with van der Waals surface area (Å²) in [7, 11) is 0. The van der Waals surface area contributed by atoms with Crippen molar-refractivity contribution in [2.75, 3.05) is 18.5 Å². The maximum Gasteiger partial charge on any atom is 0.340 e. The Morgan fingerprint density at radius 2 is 1.89 bits per heavy atom. The summed E-state index contributed by atoms with van der Waals surface area (Å²) in [4.78, 5) is 24.4. The molecule has 0 aliphatic rings. The first-order chi connectivity index (χ1) is 13.6. The number of hydrogen-bond acceptors (Lipinski definition) is 5. The van der Waals surface area contributed by atoms with Crippen LogP contribution in [0.15, 0.2) is 64.8 Å². The van der Waals surface area contributed by atoms with E-state index in [-0.39, 0.29) is 17.7 Å². The summed E-state index contributed by atoms with van der Waals surface area (Å²) in [5.74, 6) is -1.14. The monoisotopic (exact) mass is 441 g/mol. The zero-order valence-electron chi connectivity index (χ0n) is 15.4. The molecule has 0 bridgehead atoms. The zero-order valence-corrected chi connectivity index (χ0v) is 17.0. The van der Waals surface area contributed by atoms with Crippen molar-refractivity contribution in [3.8, 4) is 6.07 Å². The summed E-state index contributed by atoms with van der Waals surface area (Å²) in [6.45, 7) is 2.49. The second kappa shape index (κ2) is 10.9. The van der Waals surface area contributed by atoms with Crippen LogP contribution in [0.5, 0.6) is 0 Å². The van der Waals surface area contributed by atoms with Gasteiger partial charge in [0.2, 0.25) is 0 Å². The average molecular weight is 442 g/mol. The number of para-hydroxylation sites is 1. The van der Waals surface area contributed by atoms with E-state index in [1.165, 1.54) is 6.20 Å². The van der Waals surface area contributed by atoms with Gasteiger partial charge in [-0.3, -0.25) is 4.79 Å². The Balaban J connectivity index is 2.00. The van der Waals surface area contributed by atoms with Crippen LogP contribution in [0.1, 0.15) is 22.8 Å². The third-order valence-electron chi connectivity index (χ3n) is 3.78. The first-order valence-electron chi connectivity index (χ1n) is 8.71. The lowest BCUT2D eigenvalue weighted by atomic mass is 10.1. The lowest BCUT2D eigenvalue weighted by molar-refractivity contribution is -0.112. The third-order valence-corrected chi connectivity index (χ3v) is 4.55. The molecule has 2 rings (SSSR count). The summed E-state index contributed by atoms with van der Waals surface area (Å²) < 4.78 is 5.99. The molecule has 0 saturated heterocycles. The van der Waals surface area contributed by atoms with Crippen LogP contribution in [0.25, 0.3) is 0 Å². The van der Waals surface area contributed by atoms with Crippen LogP contribution in [0.2, 0.25) is 0 Å². The minimum Gasteiger partial charge on any atom is -0.462 e. The van der Waals surface area contributed by atoms with E-state index in [0.717, 1.165) is 16.5 Å². The standard InChI is InChI=1S/C21H20BrN3O3/c1-2-28-21(27)17-8-4-6-10-19(17)25-20(26)16(13-23)14-24-12-11-15-7-3-5-9-18(15)22/h3-10,14,24H,2,11-12H2,1H3,(H,25,26)/b16-14-. The summed E-state index contributed by atoms with van der Waals surface area (Å²) in [5, 5.41) is 14.8. The SMILES string of the molecule is CCOC(=O)c1ccccc1NC(=O)/C(C#N)=C\NCCc1ccccc1Br. The van der Waals surface area contributed by atoms with Gasteiger partial charge in [-0.15, -0.1) is 0 Å². The number of rotatable bonds is 8. The minimum absolute atomic E-state index is 0.0919. The van der Waals surface area contributed by atoms with Crippen LogP contribution in [0.4, 0.5) is 5.69 Å². The van der Waals surface area contributed by atoms with Gasteiger partial charge in [-0.05, 0) is 37.1 Å². The number of halogens is 1. The fraction of sp³-hybridized carbons (Fsp3) is 0.190. The van der Waals surface area contributed by atoms with Gasteiger partial charge in [-0.25, -0.2) is 4.79 Å². The number of amides is 1. The molecule has 0 saturated carbocycles. The van der Waals surface area contributed by atoms with Crippen molar-refractivity contribution in [3.05, 3.63) is 75.9 Å². The quantitative estimate of drug-likeness (QED) is 0.281. The molecule has 2 aromatic carbocycles. The normalized spacial score (nSPS) is 10.7. The molecule has 28 heavy (non-hydrogen) atoms. The van der Waals surface area contributed by atoms with Crippen molar-refractivity contribution in [3.63, 3.8) is 0 Å². The molecule has 7 heteroatoms.